The number of nitrogens with zero attached hydrogens (tertiary/aromatic N) is 3. The van der Waals surface area contributed by atoms with E-state index < -0.39 is 0 Å². The Hall–Kier alpha value is -4.09. The first-order valence-corrected chi connectivity index (χ1v) is 14.7. The second-order valence-electron chi connectivity index (χ2n) is 11.7. The zero-order valence-corrected chi connectivity index (χ0v) is 24.3. The summed E-state index contributed by atoms with van der Waals surface area (Å²) in [6.45, 7) is 8.59. The average molecular weight is 543 g/mol. The Bertz CT molecular complexity index is 1820. The van der Waals surface area contributed by atoms with Crippen LogP contribution in [0.2, 0.25) is 0 Å². The second-order valence-corrected chi connectivity index (χ2v) is 12.9. The van der Waals surface area contributed by atoms with Crippen molar-refractivity contribution in [2.24, 2.45) is 0 Å². The minimum atomic E-state index is 0.0412. The van der Waals surface area contributed by atoms with Gasteiger partial charge in [0.05, 0.1) is 29.1 Å². The van der Waals surface area contributed by atoms with Crippen molar-refractivity contribution in [3.63, 3.8) is 0 Å². The SMILES string of the molecule is CN1CN(c2cc(Sc3ccc4c5ccccc5n(C5=CC=CCN5)c4c3)cc(C(C)(C)C)c2)c2ccccc21. The normalized spacial score (nSPS) is 15.1. The third kappa shape index (κ3) is 4.25. The number of anilines is 3. The van der Waals surface area contributed by atoms with E-state index in [0.29, 0.717) is 0 Å². The molecule has 200 valence electrons. The van der Waals surface area contributed by atoms with Crippen molar-refractivity contribution < 1.29 is 0 Å². The number of aromatic nitrogens is 1. The van der Waals surface area contributed by atoms with Gasteiger partial charge in [-0.25, -0.2) is 0 Å². The predicted molar refractivity (Wildman–Crippen MR) is 172 cm³/mol. The van der Waals surface area contributed by atoms with Crippen molar-refractivity contribution in [1.29, 1.82) is 0 Å². The Morgan fingerprint density at radius 3 is 2.35 bits per heavy atom. The van der Waals surface area contributed by atoms with Crippen molar-refractivity contribution in [2.75, 3.05) is 30.1 Å². The number of allylic oxidation sites excluding steroid dienone is 2. The molecule has 7 rings (SSSR count). The summed E-state index contributed by atoms with van der Waals surface area (Å²) >= 11 is 1.85. The van der Waals surface area contributed by atoms with Gasteiger partial charge in [-0.1, -0.05) is 81.1 Å². The van der Waals surface area contributed by atoms with Crippen molar-refractivity contribution in [3.8, 4) is 0 Å². The first kappa shape index (κ1) is 24.9. The van der Waals surface area contributed by atoms with Crippen LogP contribution in [-0.2, 0) is 5.41 Å². The third-order valence-electron chi connectivity index (χ3n) is 7.92. The highest BCUT2D eigenvalue weighted by molar-refractivity contribution is 7.99. The number of nitrogens with one attached hydrogen (secondary N) is 1. The van der Waals surface area contributed by atoms with Gasteiger partial charge in [-0.2, -0.15) is 0 Å². The van der Waals surface area contributed by atoms with Gasteiger partial charge in [0.1, 0.15) is 5.82 Å². The minimum absolute atomic E-state index is 0.0412. The molecule has 0 radical (unpaired) electrons. The first-order chi connectivity index (χ1) is 19.4. The summed E-state index contributed by atoms with van der Waals surface area (Å²) in [4.78, 5) is 7.25. The largest absolute Gasteiger partial charge is 0.368 e. The van der Waals surface area contributed by atoms with Crippen molar-refractivity contribution in [2.45, 2.75) is 36.0 Å². The Balaban J connectivity index is 1.33. The van der Waals surface area contributed by atoms with Crippen LogP contribution in [0.3, 0.4) is 0 Å². The highest BCUT2D eigenvalue weighted by Crippen LogP contribution is 2.43. The maximum atomic E-state index is 3.57. The zero-order valence-electron chi connectivity index (χ0n) is 23.5. The summed E-state index contributed by atoms with van der Waals surface area (Å²) in [5, 5.41) is 6.12. The van der Waals surface area contributed by atoms with E-state index in [9.17, 15) is 0 Å². The van der Waals surface area contributed by atoms with Crippen LogP contribution in [0.5, 0.6) is 0 Å². The summed E-state index contributed by atoms with van der Waals surface area (Å²) in [5.41, 5.74) is 7.62. The van der Waals surface area contributed by atoms with Crippen LogP contribution in [0.1, 0.15) is 26.3 Å². The fourth-order valence-electron chi connectivity index (χ4n) is 5.84. The molecule has 0 spiro atoms. The van der Waals surface area contributed by atoms with E-state index in [2.05, 4.69) is 151 Å². The molecule has 1 aromatic heterocycles. The van der Waals surface area contributed by atoms with Gasteiger partial charge < -0.3 is 15.1 Å². The number of rotatable bonds is 4. The Labute approximate surface area is 240 Å². The average Bonchev–Trinajstić information content (AvgIpc) is 3.47. The van der Waals surface area contributed by atoms with Crippen LogP contribution in [-0.4, -0.2) is 24.8 Å². The molecular formula is C35H34N4S. The smallest absolute Gasteiger partial charge is 0.111 e. The fraction of sp³-hybridized carbons (Fsp3) is 0.200. The zero-order chi connectivity index (χ0) is 27.4. The number of fused-ring (bicyclic) bond motifs is 4. The summed E-state index contributed by atoms with van der Waals surface area (Å²) in [6.07, 6.45) is 6.45. The highest BCUT2D eigenvalue weighted by Gasteiger charge is 2.26. The van der Waals surface area contributed by atoms with Gasteiger partial charge in [0.2, 0.25) is 0 Å². The first-order valence-electron chi connectivity index (χ1n) is 13.9. The van der Waals surface area contributed by atoms with Crippen LogP contribution < -0.4 is 15.1 Å². The third-order valence-corrected chi connectivity index (χ3v) is 8.88. The van der Waals surface area contributed by atoms with Crippen LogP contribution in [0, 0.1) is 0 Å². The van der Waals surface area contributed by atoms with Gasteiger partial charge in [0.25, 0.3) is 0 Å². The molecule has 0 atom stereocenters. The molecule has 1 N–H and O–H groups in total. The number of hydrogen-bond donors (Lipinski definition) is 1. The van der Waals surface area contributed by atoms with Crippen molar-refractivity contribution in [1.82, 2.24) is 9.88 Å². The minimum Gasteiger partial charge on any atom is -0.368 e. The molecule has 2 aliphatic heterocycles. The Kier molecular flexibility index (Phi) is 5.93. The summed E-state index contributed by atoms with van der Waals surface area (Å²) < 4.78 is 2.37. The predicted octanol–water partition coefficient (Wildman–Crippen LogP) is 8.75. The molecule has 0 amide bonds. The Morgan fingerprint density at radius 1 is 0.775 bits per heavy atom. The van der Waals surface area contributed by atoms with Crippen LogP contribution in [0.25, 0.3) is 27.6 Å². The number of benzene rings is 4. The molecule has 0 unspecified atom stereocenters. The van der Waals surface area contributed by atoms with Crippen molar-refractivity contribution in [3.05, 3.63) is 109 Å². The number of para-hydroxylation sites is 3. The highest BCUT2D eigenvalue weighted by atomic mass is 32.2. The molecular weight excluding hydrogens is 508 g/mol. The van der Waals surface area contributed by atoms with Gasteiger partial charge in [-0.15, -0.1) is 0 Å². The second kappa shape index (κ2) is 9.53. The molecule has 5 aromatic rings. The Morgan fingerprint density at radius 2 is 1.55 bits per heavy atom. The molecule has 0 fully saturated rings. The molecule has 0 saturated carbocycles. The van der Waals surface area contributed by atoms with Gasteiger partial charge >= 0.3 is 0 Å². The molecule has 4 nitrogen and oxygen atoms in total. The molecule has 40 heavy (non-hydrogen) atoms. The van der Waals surface area contributed by atoms with E-state index in [4.69, 9.17) is 0 Å². The van der Waals surface area contributed by atoms with Gasteiger partial charge in [-0.05, 0) is 65.6 Å². The lowest BCUT2D eigenvalue weighted by Crippen LogP contribution is -2.24. The lowest BCUT2D eigenvalue weighted by molar-refractivity contribution is 0.588. The van der Waals surface area contributed by atoms with Gasteiger partial charge in [-0.3, -0.25) is 4.57 Å². The van der Waals surface area contributed by atoms with E-state index in [0.717, 1.165) is 19.0 Å². The quantitative estimate of drug-likeness (QED) is 0.245. The van der Waals surface area contributed by atoms with E-state index in [1.54, 1.807) is 0 Å². The van der Waals surface area contributed by atoms with E-state index in [1.165, 1.54) is 54.2 Å². The van der Waals surface area contributed by atoms with Gasteiger partial charge in [0.15, 0.2) is 0 Å². The van der Waals surface area contributed by atoms with E-state index in [-0.39, 0.29) is 5.41 Å². The van der Waals surface area contributed by atoms with Crippen molar-refractivity contribution >= 4 is 56.5 Å². The molecule has 4 aromatic carbocycles. The molecule has 0 aliphatic carbocycles. The molecule has 3 heterocycles. The molecule has 2 aliphatic rings. The monoisotopic (exact) mass is 542 g/mol. The number of hydrogen-bond acceptors (Lipinski definition) is 4. The topological polar surface area (TPSA) is 23.4 Å². The van der Waals surface area contributed by atoms with Crippen LogP contribution in [0.15, 0.2) is 113 Å². The summed E-state index contributed by atoms with van der Waals surface area (Å²) in [7, 11) is 2.17. The van der Waals surface area contributed by atoms with E-state index >= 15 is 0 Å². The lowest BCUT2D eigenvalue weighted by Gasteiger charge is -2.25. The van der Waals surface area contributed by atoms with E-state index in [1.807, 2.05) is 11.8 Å². The summed E-state index contributed by atoms with van der Waals surface area (Å²) in [6, 6.07) is 31.4. The van der Waals surface area contributed by atoms with Crippen LogP contribution >= 0.6 is 11.8 Å². The fourth-order valence-corrected chi connectivity index (χ4v) is 6.79. The summed E-state index contributed by atoms with van der Waals surface area (Å²) in [5.74, 6) is 1.12. The molecule has 0 saturated heterocycles. The standard InChI is InChI=1S/C35H34N4S/c1-35(2,3)24-19-25(38-23-37(4)31-13-7-8-14-32(31)38)21-27(20-24)40-26-16-17-29-28-11-5-6-12-30(28)39(33(29)22-26)34-15-9-10-18-36-34/h5-17,19-22,36H,18,23H2,1-4H3. The molecule has 0 bridgehead atoms. The molecule has 5 heteroatoms. The van der Waals surface area contributed by atoms with Gasteiger partial charge in [0, 0.05) is 39.8 Å². The maximum absolute atomic E-state index is 3.57. The number of dihydropyridines is 1. The lowest BCUT2D eigenvalue weighted by atomic mass is 9.87. The van der Waals surface area contributed by atoms with Crippen LogP contribution in [0.4, 0.5) is 17.1 Å². The maximum Gasteiger partial charge on any atom is 0.111 e.